The minimum Gasteiger partial charge on any atom is -0.493 e. The number of methoxy groups -OCH3 is 2. The molecule has 2 heterocycles. The molecule has 0 aliphatic carbocycles. The highest BCUT2D eigenvalue weighted by molar-refractivity contribution is 5.95. The molecule has 0 radical (unpaired) electrons. The quantitative estimate of drug-likeness (QED) is 0.362. The standard InChI is InChI=1S/C27H23N3O4/c1-33-25-12-8-17(13-26(25)34-2)7-11-24(31)21-15-23-27(32)28-22(16-30(23)29-21)20-10-9-18-5-3-4-6-19(18)14-20/h3-6,8-10,12-16H,7,11H2,1-2H3,(H,28,32). The molecule has 0 unspecified atom stereocenters. The van der Waals surface area contributed by atoms with Crippen LogP contribution in [0.25, 0.3) is 27.5 Å². The third-order valence-corrected chi connectivity index (χ3v) is 5.90. The first-order valence-electron chi connectivity index (χ1n) is 10.9. The molecule has 7 heteroatoms. The Balaban J connectivity index is 1.40. The van der Waals surface area contributed by atoms with E-state index >= 15 is 0 Å². The number of nitrogens with one attached hydrogen (secondary N) is 1. The summed E-state index contributed by atoms with van der Waals surface area (Å²) in [7, 11) is 3.16. The maximum absolute atomic E-state index is 12.8. The number of carbonyl (C=O) groups excluding carboxylic acids is 1. The van der Waals surface area contributed by atoms with E-state index in [4.69, 9.17) is 9.47 Å². The predicted octanol–water partition coefficient (Wildman–Crippen LogP) is 4.68. The van der Waals surface area contributed by atoms with Gasteiger partial charge in [-0.05, 0) is 41.0 Å². The fraction of sp³-hybridized carbons (Fsp3) is 0.148. The highest BCUT2D eigenvalue weighted by Crippen LogP contribution is 2.28. The van der Waals surface area contributed by atoms with Crippen molar-refractivity contribution in [3.63, 3.8) is 0 Å². The number of aryl methyl sites for hydroxylation is 1. The Morgan fingerprint density at radius 3 is 2.53 bits per heavy atom. The molecule has 0 aliphatic rings. The molecule has 0 atom stereocenters. The van der Waals surface area contributed by atoms with Crippen molar-refractivity contribution in [3.8, 4) is 22.8 Å². The third-order valence-electron chi connectivity index (χ3n) is 5.90. The van der Waals surface area contributed by atoms with Gasteiger partial charge in [-0.25, -0.2) is 4.52 Å². The summed E-state index contributed by atoms with van der Waals surface area (Å²) in [6.07, 6.45) is 2.52. The van der Waals surface area contributed by atoms with Crippen LogP contribution in [-0.4, -0.2) is 34.6 Å². The zero-order chi connectivity index (χ0) is 23.7. The number of carbonyl (C=O) groups is 1. The van der Waals surface area contributed by atoms with Crippen molar-refractivity contribution in [2.45, 2.75) is 12.8 Å². The van der Waals surface area contributed by atoms with E-state index in [1.807, 2.05) is 60.7 Å². The number of ether oxygens (including phenoxy) is 2. The molecular weight excluding hydrogens is 430 g/mol. The summed E-state index contributed by atoms with van der Waals surface area (Å²) in [5.41, 5.74) is 2.76. The maximum Gasteiger partial charge on any atom is 0.274 e. The van der Waals surface area contributed by atoms with E-state index < -0.39 is 0 Å². The van der Waals surface area contributed by atoms with Crippen molar-refractivity contribution in [2.75, 3.05) is 14.2 Å². The first-order valence-corrected chi connectivity index (χ1v) is 10.9. The second kappa shape index (κ2) is 8.86. The molecular formula is C27H23N3O4. The molecule has 0 fully saturated rings. The fourth-order valence-electron chi connectivity index (χ4n) is 4.07. The van der Waals surface area contributed by atoms with E-state index in [0.717, 1.165) is 21.9 Å². The van der Waals surface area contributed by atoms with Crippen LogP contribution in [0.4, 0.5) is 0 Å². The number of hydrogen-bond acceptors (Lipinski definition) is 5. The Bertz CT molecular complexity index is 1580. The van der Waals surface area contributed by atoms with Crippen LogP contribution in [-0.2, 0) is 6.42 Å². The van der Waals surface area contributed by atoms with Crippen molar-refractivity contribution < 1.29 is 14.3 Å². The topological polar surface area (TPSA) is 85.7 Å². The first kappa shape index (κ1) is 21.5. The molecule has 0 saturated carbocycles. The van der Waals surface area contributed by atoms with Crippen molar-refractivity contribution in [3.05, 3.63) is 94.5 Å². The highest BCUT2D eigenvalue weighted by Gasteiger charge is 2.15. The minimum atomic E-state index is -0.294. The molecule has 5 aromatic rings. The summed E-state index contributed by atoms with van der Waals surface area (Å²) in [6, 6.07) is 21.1. The molecule has 0 aliphatic heterocycles. The van der Waals surface area contributed by atoms with Gasteiger partial charge in [0.25, 0.3) is 5.56 Å². The van der Waals surface area contributed by atoms with Crippen molar-refractivity contribution >= 4 is 22.1 Å². The Morgan fingerprint density at radius 2 is 1.74 bits per heavy atom. The van der Waals surface area contributed by atoms with Gasteiger partial charge in [0.05, 0.1) is 26.1 Å². The van der Waals surface area contributed by atoms with Crippen LogP contribution in [0.1, 0.15) is 22.5 Å². The third kappa shape index (κ3) is 4.03. The molecule has 0 saturated heterocycles. The molecule has 34 heavy (non-hydrogen) atoms. The lowest BCUT2D eigenvalue weighted by Crippen LogP contribution is -2.10. The number of hydrogen-bond donors (Lipinski definition) is 1. The van der Waals surface area contributed by atoms with Crippen LogP contribution >= 0.6 is 0 Å². The summed E-state index contributed by atoms with van der Waals surface area (Å²) in [5.74, 6) is 1.12. The van der Waals surface area contributed by atoms with Gasteiger partial charge in [-0.3, -0.25) is 9.59 Å². The van der Waals surface area contributed by atoms with Gasteiger partial charge in [-0.15, -0.1) is 0 Å². The van der Waals surface area contributed by atoms with Gasteiger partial charge in [-0.2, -0.15) is 5.10 Å². The van der Waals surface area contributed by atoms with Gasteiger partial charge in [0.2, 0.25) is 0 Å². The van der Waals surface area contributed by atoms with E-state index in [1.54, 1.807) is 26.5 Å². The smallest absolute Gasteiger partial charge is 0.274 e. The number of benzene rings is 3. The van der Waals surface area contributed by atoms with Crippen LogP contribution in [0.3, 0.4) is 0 Å². The van der Waals surface area contributed by atoms with Crippen LogP contribution in [0.5, 0.6) is 11.5 Å². The monoisotopic (exact) mass is 453 g/mol. The predicted molar refractivity (Wildman–Crippen MR) is 131 cm³/mol. The van der Waals surface area contributed by atoms with Gasteiger partial charge in [0.1, 0.15) is 11.2 Å². The number of aromatic amines is 1. The van der Waals surface area contributed by atoms with Crippen molar-refractivity contribution in [1.82, 2.24) is 14.6 Å². The SMILES string of the molecule is COc1ccc(CCC(=O)c2cc3c(=O)[nH]c(-c4ccc5ccccc5c4)cn3n2)cc1OC. The van der Waals surface area contributed by atoms with Gasteiger partial charge < -0.3 is 14.5 Å². The highest BCUT2D eigenvalue weighted by atomic mass is 16.5. The summed E-state index contributed by atoms with van der Waals surface area (Å²) in [5, 5.41) is 6.60. The van der Waals surface area contributed by atoms with Crippen LogP contribution in [0.2, 0.25) is 0 Å². The zero-order valence-electron chi connectivity index (χ0n) is 18.9. The van der Waals surface area contributed by atoms with Gasteiger partial charge in [0.15, 0.2) is 17.3 Å². The number of Topliss-reactive ketones (excluding diaryl/α,β-unsaturated/α-hetero) is 1. The molecule has 2 aromatic heterocycles. The van der Waals surface area contributed by atoms with E-state index in [2.05, 4.69) is 10.1 Å². The fourth-order valence-corrected chi connectivity index (χ4v) is 4.07. The van der Waals surface area contributed by atoms with E-state index in [0.29, 0.717) is 29.1 Å². The van der Waals surface area contributed by atoms with Crippen molar-refractivity contribution in [1.29, 1.82) is 0 Å². The summed E-state index contributed by atoms with van der Waals surface area (Å²) in [6.45, 7) is 0. The second-order valence-electron chi connectivity index (χ2n) is 8.03. The molecule has 7 nitrogen and oxygen atoms in total. The molecule has 170 valence electrons. The maximum atomic E-state index is 12.8. The Morgan fingerprint density at radius 1 is 0.941 bits per heavy atom. The van der Waals surface area contributed by atoms with Crippen molar-refractivity contribution in [2.24, 2.45) is 0 Å². The van der Waals surface area contributed by atoms with Gasteiger partial charge in [0, 0.05) is 18.1 Å². The number of aromatic nitrogens is 3. The molecule has 3 aromatic carbocycles. The number of fused-ring (bicyclic) bond motifs is 2. The van der Waals surface area contributed by atoms with E-state index in [9.17, 15) is 9.59 Å². The number of H-pyrrole nitrogens is 1. The first-order chi connectivity index (χ1) is 16.6. The lowest BCUT2D eigenvalue weighted by atomic mass is 10.1. The molecule has 0 bridgehead atoms. The molecule has 0 spiro atoms. The summed E-state index contributed by atoms with van der Waals surface area (Å²) in [4.78, 5) is 28.5. The zero-order valence-corrected chi connectivity index (χ0v) is 18.9. The number of nitrogens with zero attached hydrogens (tertiary/aromatic N) is 2. The summed E-state index contributed by atoms with van der Waals surface area (Å²) >= 11 is 0. The van der Waals surface area contributed by atoms with Crippen LogP contribution in [0.15, 0.2) is 77.7 Å². The minimum absolute atomic E-state index is 0.134. The Hall–Kier alpha value is -4.39. The lowest BCUT2D eigenvalue weighted by Gasteiger charge is -2.09. The molecule has 0 amide bonds. The van der Waals surface area contributed by atoms with Gasteiger partial charge in [-0.1, -0.05) is 42.5 Å². The summed E-state index contributed by atoms with van der Waals surface area (Å²) < 4.78 is 12.1. The second-order valence-corrected chi connectivity index (χ2v) is 8.03. The van der Waals surface area contributed by atoms with E-state index in [-0.39, 0.29) is 23.5 Å². The van der Waals surface area contributed by atoms with Crippen LogP contribution in [0, 0.1) is 0 Å². The molecule has 5 rings (SSSR count). The average molecular weight is 453 g/mol. The number of rotatable bonds is 7. The normalized spacial score (nSPS) is 11.1. The van der Waals surface area contributed by atoms with Gasteiger partial charge >= 0.3 is 0 Å². The lowest BCUT2D eigenvalue weighted by molar-refractivity contribution is 0.0977. The largest absolute Gasteiger partial charge is 0.493 e. The van der Waals surface area contributed by atoms with Crippen LogP contribution < -0.4 is 15.0 Å². The Labute approximate surface area is 195 Å². The van der Waals surface area contributed by atoms with E-state index in [1.165, 1.54) is 4.52 Å². The average Bonchev–Trinajstić information content (AvgIpc) is 3.32. The number of ketones is 1. The molecule has 1 N–H and O–H groups in total. The Kier molecular flexibility index (Phi) is 5.59.